The summed E-state index contributed by atoms with van der Waals surface area (Å²) in [4.78, 5) is 0. The van der Waals surface area contributed by atoms with Crippen molar-refractivity contribution in [3.05, 3.63) is 23.7 Å². The van der Waals surface area contributed by atoms with E-state index in [1.165, 1.54) is 0 Å². The average molecular weight is 153 g/mol. The van der Waals surface area contributed by atoms with Gasteiger partial charge in [0.1, 0.15) is 12.4 Å². The Kier molecular flexibility index (Phi) is 1.65. The van der Waals surface area contributed by atoms with Crippen LogP contribution in [0, 0.1) is 0 Å². The predicted octanol–water partition coefficient (Wildman–Crippen LogP) is 2.15. The van der Waals surface area contributed by atoms with Crippen molar-refractivity contribution in [1.29, 1.82) is 0 Å². The minimum absolute atomic E-state index is 0.311. The first-order valence-electron chi connectivity index (χ1n) is 2.46. The van der Waals surface area contributed by atoms with Gasteiger partial charge in [0.2, 0.25) is 0 Å². The monoisotopic (exact) mass is 153 g/mol. The first kappa shape index (κ1) is 7.11. The zero-order valence-electron chi connectivity index (χ0n) is 4.74. The standard InChI is InChI=1S/C5H3F4N/c6-3-1-4(7)5(8)10(9)2-3/h1H,2H2. The average Bonchev–Trinajstić information content (AvgIpc) is 1.82. The summed E-state index contributed by atoms with van der Waals surface area (Å²) in [5.41, 5.74) is 0. The van der Waals surface area contributed by atoms with Crippen LogP contribution in [0.25, 0.3) is 0 Å². The molecule has 0 bridgehead atoms. The van der Waals surface area contributed by atoms with Crippen LogP contribution in [0.3, 0.4) is 0 Å². The van der Waals surface area contributed by atoms with E-state index in [9.17, 15) is 17.7 Å². The molecule has 0 radical (unpaired) electrons. The van der Waals surface area contributed by atoms with Crippen LogP contribution in [0.2, 0.25) is 0 Å². The Morgan fingerprint density at radius 2 is 1.90 bits per heavy atom. The molecule has 1 rings (SSSR count). The van der Waals surface area contributed by atoms with Gasteiger partial charge in [-0.05, 0) is 0 Å². The molecule has 56 valence electrons. The van der Waals surface area contributed by atoms with Gasteiger partial charge >= 0.3 is 0 Å². The topological polar surface area (TPSA) is 3.24 Å². The van der Waals surface area contributed by atoms with Crippen molar-refractivity contribution in [1.82, 2.24) is 5.12 Å². The van der Waals surface area contributed by atoms with Crippen LogP contribution in [0.4, 0.5) is 17.7 Å². The van der Waals surface area contributed by atoms with Crippen molar-refractivity contribution in [2.75, 3.05) is 6.54 Å². The van der Waals surface area contributed by atoms with E-state index in [0.717, 1.165) is 0 Å². The lowest BCUT2D eigenvalue weighted by Crippen LogP contribution is -2.16. The first-order valence-corrected chi connectivity index (χ1v) is 2.46. The molecule has 0 saturated carbocycles. The van der Waals surface area contributed by atoms with Crippen molar-refractivity contribution in [2.24, 2.45) is 0 Å². The molecule has 1 heterocycles. The van der Waals surface area contributed by atoms with Crippen molar-refractivity contribution in [3.63, 3.8) is 0 Å². The van der Waals surface area contributed by atoms with Crippen LogP contribution in [-0.2, 0) is 0 Å². The molecule has 0 N–H and O–H groups in total. The Morgan fingerprint density at radius 3 is 2.40 bits per heavy atom. The van der Waals surface area contributed by atoms with Gasteiger partial charge in [-0.2, -0.15) is 9.51 Å². The smallest absolute Gasteiger partial charge is 0.210 e. The summed E-state index contributed by atoms with van der Waals surface area (Å²) in [5, 5.41) is -0.634. The molecule has 0 unspecified atom stereocenters. The Morgan fingerprint density at radius 1 is 1.30 bits per heavy atom. The second-order valence-electron chi connectivity index (χ2n) is 1.75. The van der Waals surface area contributed by atoms with E-state index < -0.39 is 29.3 Å². The van der Waals surface area contributed by atoms with Crippen molar-refractivity contribution >= 4 is 0 Å². The van der Waals surface area contributed by atoms with Gasteiger partial charge in [0.15, 0.2) is 5.83 Å². The molecule has 0 amide bonds. The quantitative estimate of drug-likeness (QED) is 0.293. The second kappa shape index (κ2) is 2.32. The van der Waals surface area contributed by atoms with E-state index in [2.05, 4.69) is 0 Å². The fourth-order valence-corrected chi connectivity index (χ4v) is 0.561. The summed E-state index contributed by atoms with van der Waals surface area (Å²) in [5.74, 6) is -4.24. The van der Waals surface area contributed by atoms with Crippen molar-refractivity contribution < 1.29 is 17.7 Å². The van der Waals surface area contributed by atoms with Crippen LogP contribution < -0.4 is 0 Å². The summed E-state index contributed by atoms with van der Waals surface area (Å²) in [6, 6.07) is 0. The summed E-state index contributed by atoms with van der Waals surface area (Å²) in [7, 11) is 0. The van der Waals surface area contributed by atoms with Gasteiger partial charge in [-0.1, -0.05) is 4.48 Å². The third-order valence-electron chi connectivity index (χ3n) is 0.983. The summed E-state index contributed by atoms with van der Waals surface area (Å²) >= 11 is 0. The number of hydrogen-bond acceptors (Lipinski definition) is 1. The largest absolute Gasteiger partial charge is 0.253 e. The van der Waals surface area contributed by atoms with Gasteiger partial charge in [0, 0.05) is 6.08 Å². The number of hydrogen-bond donors (Lipinski definition) is 0. The molecule has 0 aromatic carbocycles. The van der Waals surface area contributed by atoms with E-state index in [-0.39, 0.29) is 0 Å². The zero-order chi connectivity index (χ0) is 7.72. The van der Waals surface area contributed by atoms with Crippen LogP contribution >= 0.6 is 0 Å². The van der Waals surface area contributed by atoms with Crippen molar-refractivity contribution in [2.45, 2.75) is 0 Å². The van der Waals surface area contributed by atoms with Gasteiger partial charge in [-0.3, -0.25) is 0 Å². The Bertz CT molecular complexity index is 208. The van der Waals surface area contributed by atoms with E-state index in [1.54, 1.807) is 0 Å². The van der Waals surface area contributed by atoms with Crippen LogP contribution in [0.1, 0.15) is 0 Å². The summed E-state index contributed by atoms with van der Waals surface area (Å²) in [6.45, 7) is -0.862. The SMILES string of the molecule is FC1=CC(F)=C(F)N(F)C1. The highest BCUT2D eigenvalue weighted by atomic mass is 19.2. The highest BCUT2D eigenvalue weighted by molar-refractivity contribution is 5.21. The number of nitrogens with zero attached hydrogens (tertiary/aromatic N) is 1. The molecule has 1 nitrogen and oxygen atoms in total. The molecule has 0 fully saturated rings. The third kappa shape index (κ3) is 1.12. The molecule has 0 saturated heterocycles. The molecule has 5 heteroatoms. The van der Waals surface area contributed by atoms with Gasteiger partial charge in [-0.15, -0.1) is 0 Å². The van der Waals surface area contributed by atoms with Crippen LogP contribution in [0.15, 0.2) is 23.7 Å². The molecule has 1 aliphatic heterocycles. The highest BCUT2D eigenvalue weighted by Crippen LogP contribution is 2.23. The lowest BCUT2D eigenvalue weighted by atomic mass is 10.3. The summed E-state index contributed by atoms with van der Waals surface area (Å²) < 4.78 is 47.9. The van der Waals surface area contributed by atoms with E-state index >= 15 is 0 Å². The number of allylic oxidation sites excluding steroid dienone is 2. The maximum atomic E-state index is 12.0. The van der Waals surface area contributed by atoms with Gasteiger partial charge < -0.3 is 0 Å². The first-order chi connectivity index (χ1) is 4.61. The van der Waals surface area contributed by atoms with Crippen LogP contribution in [-0.4, -0.2) is 11.7 Å². The minimum atomic E-state index is -1.68. The number of rotatable bonds is 0. The molecular formula is C5H3F4N. The van der Waals surface area contributed by atoms with Gasteiger partial charge in [0.05, 0.1) is 0 Å². The lowest BCUT2D eigenvalue weighted by molar-refractivity contribution is 0.0344. The Balaban J connectivity index is 2.92. The Hall–Kier alpha value is -1.00. The molecule has 0 spiro atoms. The van der Waals surface area contributed by atoms with E-state index in [0.29, 0.717) is 6.08 Å². The summed E-state index contributed by atoms with van der Waals surface area (Å²) in [6.07, 6.45) is 0.311. The Labute approximate surface area is 54.2 Å². The van der Waals surface area contributed by atoms with Gasteiger partial charge in [-0.25, -0.2) is 8.78 Å². The fraction of sp³-hybridized carbons (Fsp3) is 0.200. The van der Waals surface area contributed by atoms with Gasteiger partial charge in [0.25, 0.3) is 5.95 Å². The maximum Gasteiger partial charge on any atom is 0.253 e. The molecule has 0 aliphatic carbocycles. The van der Waals surface area contributed by atoms with E-state index in [1.807, 2.05) is 0 Å². The minimum Gasteiger partial charge on any atom is -0.210 e. The highest BCUT2D eigenvalue weighted by Gasteiger charge is 2.20. The van der Waals surface area contributed by atoms with Crippen LogP contribution in [0.5, 0.6) is 0 Å². The third-order valence-corrected chi connectivity index (χ3v) is 0.983. The molecule has 10 heavy (non-hydrogen) atoms. The normalized spacial score (nSPS) is 19.6. The zero-order valence-corrected chi connectivity index (χ0v) is 4.74. The van der Waals surface area contributed by atoms with E-state index in [4.69, 9.17) is 0 Å². The molecule has 1 aliphatic rings. The molecular weight excluding hydrogens is 150 g/mol. The molecule has 0 aromatic heterocycles. The molecule has 0 atom stereocenters. The fourth-order valence-electron chi connectivity index (χ4n) is 0.561. The van der Waals surface area contributed by atoms with Crippen molar-refractivity contribution in [3.8, 4) is 0 Å². The number of halogens is 4. The maximum absolute atomic E-state index is 12.0. The molecule has 0 aromatic rings. The lowest BCUT2D eigenvalue weighted by Gasteiger charge is -2.13. The predicted molar refractivity (Wildman–Crippen MR) is 26.2 cm³/mol. The second-order valence-corrected chi connectivity index (χ2v) is 1.75.